The normalized spacial score (nSPS) is 9.91. The standard InChI is InChI=1S/C6H9BrN4/c7-2-1-4-3-5(8)11-6(9)10-4/h3H,1-2H2,(H4,8,9,10,11). The molecular formula is C6H9BrN4. The lowest BCUT2D eigenvalue weighted by atomic mass is 10.3. The van der Waals surface area contributed by atoms with E-state index in [2.05, 4.69) is 25.9 Å². The molecule has 5 heteroatoms. The molecule has 1 aromatic heterocycles. The SMILES string of the molecule is Nc1cc(CCBr)nc(N)n1. The number of rotatable bonds is 2. The Morgan fingerprint density at radius 2 is 2.09 bits per heavy atom. The Labute approximate surface area is 73.1 Å². The van der Waals surface area contributed by atoms with Crippen molar-refractivity contribution in [2.45, 2.75) is 6.42 Å². The van der Waals surface area contributed by atoms with Crippen LogP contribution in [0.2, 0.25) is 0 Å². The van der Waals surface area contributed by atoms with E-state index < -0.39 is 0 Å². The molecule has 0 saturated heterocycles. The van der Waals surface area contributed by atoms with Crippen molar-refractivity contribution in [3.8, 4) is 0 Å². The van der Waals surface area contributed by atoms with E-state index in [1.54, 1.807) is 6.07 Å². The molecule has 0 aliphatic heterocycles. The van der Waals surface area contributed by atoms with Gasteiger partial charge in [0, 0.05) is 17.1 Å². The van der Waals surface area contributed by atoms with Crippen LogP contribution in [0, 0.1) is 0 Å². The lowest BCUT2D eigenvalue weighted by molar-refractivity contribution is 1.03. The van der Waals surface area contributed by atoms with Gasteiger partial charge in [0.2, 0.25) is 5.95 Å². The fraction of sp³-hybridized carbons (Fsp3) is 0.333. The molecule has 0 aliphatic carbocycles. The highest BCUT2D eigenvalue weighted by Crippen LogP contribution is 2.05. The van der Waals surface area contributed by atoms with Crippen molar-refractivity contribution in [1.29, 1.82) is 0 Å². The van der Waals surface area contributed by atoms with Crippen LogP contribution >= 0.6 is 15.9 Å². The minimum Gasteiger partial charge on any atom is -0.384 e. The van der Waals surface area contributed by atoms with Crippen molar-refractivity contribution in [3.63, 3.8) is 0 Å². The van der Waals surface area contributed by atoms with Crippen LogP contribution in [0.25, 0.3) is 0 Å². The molecule has 0 radical (unpaired) electrons. The van der Waals surface area contributed by atoms with Crippen molar-refractivity contribution in [2.24, 2.45) is 0 Å². The van der Waals surface area contributed by atoms with Crippen LogP contribution in [0.15, 0.2) is 6.07 Å². The van der Waals surface area contributed by atoms with Gasteiger partial charge >= 0.3 is 0 Å². The number of hydrogen-bond acceptors (Lipinski definition) is 4. The van der Waals surface area contributed by atoms with E-state index in [1.165, 1.54) is 0 Å². The summed E-state index contributed by atoms with van der Waals surface area (Å²) in [6.45, 7) is 0. The van der Waals surface area contributed by atoms with Gasteiger partial charge < -0.3 is 11.5 Å². The van der Waals surface area contributed by atoms with Gasteiger partial charge in [0.15, 0.2) is 0 Å². The van der Waals surface area contributed by atoms with Gasteiger partial charge in [0.1, 0.15) is 5.82 Å². The predicted octanol–water partition coefficient (Wildman–Crippen LogP) is 0.578. The first kappa shape index (κ1) is 8.26. The van der Waals surface area contributed by atoms with E-state index in [1.807, 2.05) is 0 Å². The molecule has 0 aliphatic rings. The topological polar surface area (TPSA) is 77.8 Å². The molecule has 0 saturated carbocycles. The highest BCUT2D eigenvalue weighted by Gasteiger charge is 1.97. The highest BCUT2D eigenvalue weighted by molar-refractivity contribution is 9.09. The number of nitrogens with zero attached hydrogens (tertiary/aromatic N) is 2. The Bertz CT molecular complexity index is 230. The second-order valence-electron chi connectivity index (χ2n) is 2.08. The van der Waals surface area contributed by atoms with E-state index >= 15 is 0 Å². The summed E-state index contributed by atoms with van der Waals surface area (Å²) in [5, 5.41) is 0.850. The smallest absolute Gasteiger partial charge is 0.222 e. The summed E-state index contributed by atoms with van der Waals surface area (Å²) in [6, 6.07) is 1.72. The maximum absolute atomic E-state index is 5.44. The zero-order chi connectivity index (χ0) is 8.27. The summed E-state index contributed by atoms with van der Waals surface area (Å²) in [6.07, 6.45) is 0.816. The van der Waals surface area contributed by atoms with Crippen LogP contribution in [0.3, 0.4) is 0 Å². The Morgan fingerprint density at radius 1 is 1.36 bits per heavy atom. The third kappa shape index (κ3) is 2.34. The lowest BCUT2D eigenvalue weighted by Gasteiger charge is -1.99. The molecule has 11 heavy (non-hydrogen) atoms. The van der Waals surface area contributed by atoms with Gasteiger partial charge in [0.05, 0.1) is 0 Å². The molecule has 4 nitrogen and oxygen atoms in total. The molecule has 0 fully saturated rings. The fourth-order valence-electron chi connectivity index (χ4n) is 0.765. The number of anilines is 2. The van der Waals surface area contributed by atoms with Crippen molar-refractivity contribution < 1.29 is 0 Å². The number of aromatic nitrogens is 2. The Kier molecular flexibility index (Phi) is 2.64. The van der Waals surface area contributed by atoms with Crippen LogP contribution < -0.4 is 11.5 Å². The summed E-state index contributed by atoms with van der Waals surface area (Å²) >= 11 is 3.29. The van der Waals surface area contributed by atoms with Crippen molar-refractivity contribution in [1.82, 2.24) is 9.97 Å². The molecule has 60 valence electrons. The summed E-state index contributed by atoms with van der Waals surface area (Å²) < 4.78 is 0. The average molecular weight is 217 g/mol. The van der Waals surface area contributed by atoms with E-state index in [4.69, 9.17) is 11.5 Å². The number of alkyl halides is 1. The highest BCUT2D eigenvalue weighted by atomic mass is 79.9. The summed E-state index contributed by atoms with van der Waals surface area (Å²) in [5.41, 5.74) is 11.7. The minimum atomic E-state index is 0.237. The molecule has 0 spiro atoms. The van der Waals surface area contributed by atoms with Gasteiger partial charge in [-0.25, -0.2) is 4.98 Å². The molecule has 0 aromatic carbocycles. The fourth-order valence-corrected chi connectivity index (χ4v) is 1.17. The summed E-state index contributed by atoms with van der Waals surface area (Å²) in [7, 11) is 0. The summed E-state index contributed by atoms with van der Waals surface area (Å²) in [5.74, 6) is 0.661. The molecule has 1 aromatic rings. The van der Waals surface area contributed by atoms with Gasteiger partial charge in [-0.05, 0) is 6.42 Å². The van der Waals surface area contributed by atoms with Gasteiger partial charge in [-0.1, -0.05) is 15.9 Å². The number of aryl methyl sites for hydroxylation is 1. The van der Waals surface area contributed by atoms with Crippen molar-refractivity contribution in [2.75, 3.05) is 16.8 Å². The zero-order valence-corrected chi connectivity index (χ0v) is 7.50. The molecule has 1 heterocycles. The third-order valence-electron chi connectivity index (χ3n) is 1.17. The van der Waals surface area contributed by atoms with Crippen LogP contribution in [0.1, 0.15) is 5.69 Å². The van der Waals surface area contributed by atoms with Crippen molar-refractivity contribution in [3.05, 3.63) is 11.8 Å². The Hall–Kier alpha value is -0.840. The van der Waals surface area contributed by atoms with Gasteiger partial charge in [0.25, 0.3) is 0 Å². The number of nitrogen functional groups attached to an aromatic ring is 2. The Balaban J connectivity index is 2.89. The van der Waals surface area contributed by atoms with Crippen LogP contribution in [0.5, 0.6) is 0 Å². The van der Waals surface area contributed by atoms with Crippen LogP contribution in [-0.4, -0.2) is 15.3 Å². The Morgan fingerprint density at radius 3 is 2.64 bits per heavy atom. The first-order chi connectivity index (χ1) is 5.22. The number of hydrogen-bond donors (Lipinski definition) is 2. The maximum atomic E-state index is 5.44. The average Bonchev–Trinajstić information content (AvgIpc) is 1.85. The van der Waals surface area contributed by atoms with Crippen LogP contribution in [-0.2, 0) is 6.42 Å². The zero-order valence-electron chi connectivity index (χ0n) is 5.92. The van der Waals surface area contributed by atoms with E-state index in [0.717, 1.165) is 17.4 Å². The molecule has 4 N–H and O–H groups in total. The molecule has 0 atom stereocenters. The summed E-state index contributed by atoms with van der Waals surface area (Å²) in [4.78, 5) is 7.73. The van der Waals surface area contributed by atoms with Gasteiger partial charge in [-0.3, -0.25) is 0 Å². The number of nitrogens with two attached hydrogens (primary N) is 2. The second kappa shape index (κ2) is 3.52. The minimum absolute atomic E-state index is 0.237. The number of halogens is 1. The molecule has 0 unspecified atom stereocenters. The van der Waals surface area contributed by atoms with E-state index in [9.17, 15) is 0 Å². The molecule has 1 rings (SSSR count). The monoisotopic (exact) mass is 216 g/mol. The lowest BCUT2D eigenvalue weighted by Crippen LogP contribution is -2.02. The van der Waals surface area contributed by atoms with E-state index in [-0.39, 0.29) is 5.95 Å². The quantitative estimate of drug-likeness (QED) is 0.710. The molecular weight excluding hydrogens is 208 g/mol. The molecule has 0 amide bonds. The first-order valence-corrected chi connectivity index (χ1v) is 4.29. The first-order valence-electron chi connectivity index (χ1n) is 3.17. The van der Waals surface area contributed by atoms with E-state index in [0.29, 0.717) is 5.82 Å². The van der Waals surface area contributed by atoms with Gasteiger partial charge in [-0.15, -0.1) is 0 Å². The van der Waals surface area contributed by atoms with Crippen LogP contribution in [0.4, 0.5) is 11.8 Å². The predicted molar refractivity (Wildman–Crippen MR) is 48.4 cm³/mol. The molecule has 0 bridgehead atoms. The maximum Gasteiger partial charge on any atom is 0.222 e. The van der Waals surface area contributed by atoms with Crippen molar-refractivity contribution >= 4 is 27.7 Å². The third-order valence-corrected chi connectivity index (χ3v) is 1.56. The second-order valence-corrected chi connectivity index (χ2v) is 2.87. The van der Waals surface area contributed by atoms with Gasteiger partial charge in [-0.2, -0.15) is 4.98 Å². The largest absolute Gasteiger partial charge is 0.384 e.